The first-order valence-electron chi connectivity index (χ1n) is 21.2. The van der Waals surface area contributed by atoms with Crippen LogP contribution in [0.15, 0.2) is 223 Å². The molecule has 9 aromatic carbocycles. The number of hydrogen-bond donors (Lipinski definition) is 0. The molecular formula is C59H36N2O. The Morgan fingerprint density at radius 3 is 1.50 bits per heavy atom. The van der Waals surface area contributed by atoms with Gasteiger partial charge in [0.1, 0.15) is 11.2 Å². The molecular weight excluding hydrogens is 753 g/mol. The topological polar surface area (TPSA) is 38.9 Å². The molecule has 0 bridgehead atoms. The van der Waals surface area contributed by atoms with Crippen molar-refractivity contribution in [1.29, 1.82) is 0 Å². The highest BCUT2D eigenvalue weighted by Crippen LogP contribution is 2.61. The fourth-order valence-corrected chi connectivity index (χ4v) is 10.6. The monoisotopic (exact) mass is 788 g/mol. The first-order chi connectivity index (χ1) is 30.8. The molecule has 3 nitrogen and oxygen atoms in total. The quantitative estimate of drug-likeness (QED) is 0.178. The predicted molar refractivity (Wildman–Crippen MR) is 253 cm³/mol. The molecule has 0 saturated carbocycles. The summed E-state index contributed by atoms with van der Waals surface area (Å²) in [7, 11) is 0. The molecule has 62 heavy (non-hydrogen) atoms. The SMILES string of the molecule is c1ccc(-c2ccccc2-c2nc(-c3ccc4c(c3)C3(c5ccccc5-c5ccccc5-4)c4ccccc4-c4ccccc43)cc(-c3cccc4c3oc3ccccc34)n2)cc1. The van der Waals surface area contributed by atoms with E-state index in [9.17, 15) is 0 Å². The molecule has 13 rings (SSSR count). The normalized spacial score (nSPS) is 13.0. The molecule has 0 fully saturated rings. The molecule has 2 aliphatic carbocycles. The largest absolute Gasteiger partial charge is 0.455 e. The summed E-state index contributed by atoms with van der Waals surface area (Å²) in [6, 6.07) is 78.7. The summed E-state index contributed by atoms with van der Waals surface area (Å²) in [6.07, 6.45) is 0. The highest BCUT2D eigenvalue weighted by atomic mass is 16.3. The Balaban J connectivity index is 1.13. The van der Waals surface area contributed by atoms with Crippen LogP contribution in [0.4, 0.5) is 0 Å². The second kappa shape index (κ2) is 13.4. The van der Waals surface area contributed by atoms with Gasteiger partial charge in [0.2, 0.25) is 0 Å². The van der Waals surface area contributed by atoms with Gasteiger partial charge >= 0.3 is 0 Å². The lowest BCUT2D eigenvalue weighted by Gasteiger charge is -2.35. The van der Waals surface area contributed by atoms with Crippen LogP contribution in [-0.2, 0) is 5.41 Å². The van der Waals surface area contributed by atoms with Gasteiger partial charge in [0.05, 0.1) is 16.8 Å². The van der Waals surface area contributed by atoms with E-state index in [1.54, 1.807) is 0 Å². The molecule has 0 N–H and O–H groups in total. The first kappa shape index (κ1) is 34.7. The van der Waals surface area contributed by atoms with Crippen LogP contribution in [0.1, 0.15) is 22.3 Å². The maximum Gasteiger partial charge on any atom is 0.161 e. The van der Waals surface area contributed by atoms with E-state index < -0.39 is 5.41 Å². The zero-order valence-corrected chi connectivity index (χ0v) is 33.6. The zero-order chi connectivity index (χ0) is 40.8. The maximum atomic E-state index is 6.65. The Morgan fingerprint density at radius 1 is 0.306 bits per heavy atom. The van der Waals surface area contributed by atoms with E-state index in [2.05, 4.69) is 206 Å². The molecule has 3 heteroatoms. The molecule has 0 aliphatic heterocycles. The number of para-hydroxylation sites is 2. The molecule has 0 atom stereocenters. The minimum atomic E-state index is -0.605. The summed E-state index contributed by atoms with van der Waals surface area (Å²) in [5.41, 5.74) is 20.3. The third kappa shape index (κ3) is 4.94. The standard InChI is InChI=1S/C59H36N2O/c1-2-17-37(18-3-1)39-19-4-7-26-48(39)58-60-54(36-55(61-58)49-28-16-27-47-46-25-11-15-32-56(46)62-57(47)49)38-33-34-45-41-21-6-5-20-40(41)42-22-8-12-29-50(42)59(53(45)35-38)51-30-13-9-23-43(51)44-24-10-14-31-52(44)59/h1-36H. The Hall–Kier alpha value is -8.14. The van der Waals surface area contributed by atoms with E-state index in [0.717, 1.165) is 61.1 Å². The molecule has 0 amide bonds. The average molecular weight is 789 g/mol. The van der Waals surface area contributed by atoms with Crippen molar-refractivity contribution in [2.24, 2.45) is 0 Å². The number of nitrogens with zero attached hydrogens (tertiary/aromatic N) is 2. The maximum absolute atomic E-state index is 6.65. The highest BCUT2D eigenvalue weighted by Gasteiger charge is 2.49. The molecule has 11 aromatic rings. The van der Waals surface area contributed by atoms with Crippen LogP contribution in [0.25, 0.3) is 100 Å². The molecule has 0 unspecified atom stereocenters. The second-order valence-electron chi connectivity index (χ2n) is 16.3. The van der Waals surface area contributed by atoms with Crippen LogP contribution in [0.5, 0.6) is 0 Å². The van der Waals surface area contributed by atoms with Gasteiger partial charge < -0.3 is 4.42 Å². The van der Waals surface area contributed by atoms with Gasteiger partial charge in [0.25, 0.3) is 0 Å². The van der Waals surface area contributed by atoms with Crippen molar-refractivity contribution in [3.8, 4) is 78.4 Å². The van der Waals surface area contributed by atoms with Crippen LogP contribution in [0.3, 0.4) is 0 Å². The summed E-state index contributed by atoms with van der Waals surface area (Å²) in [5, 5.41) is 2.15. The lowest BCUT2D eigenvalue weighted by atomic mass is 9.65. The lowest BCUT2D eigenvalue weighted by molar-refractivity contribution is 0.670. The van der Waals surface area contributed by atoms with E-state index in [1.165, 1.54) is 55.6 Å². The van der Waals surface area contributed by atoms with Gasteiger partial charge in [0, 0.05) is 27.5 Å². The van der Waals surface area contributed by atoms with Crippen molar-refractivity contribution in [1.82, 2.24) is 9.97 Å². The predicted octanol–water partition coefficient (Wildman–Crippen LogP) is 15.1. The summed E-state index contributed by atoms with van der Waals surface area (Å²) >= 11 is 0. The number of benzene rings is 9. The van der Waals surface area contributed by atoms with Gasteiger partial charge in [-0.3, -0.25) is 0 Å². The zero-order valence-electron chi connectivity index (χ0n) is 33.6. The first-order valence-corrected chi connectivity index (χ1v) is 21.2. The van der Waals surface area contributed by atoms with Crippen molar-refractivity contribution in [3.05, 3.63) is 241 Å². The van der Waals surface area contributed by atoms with Crippen molar-refractivity contribution in [2.75, 3.05) is 0 Å². The van der Waals surface area contributed by atoms with Gasteiger partial charge in [-0.05, 0) is 91.0 Å². The average Bonchev–Trinajstić information content (AvgIpc) is 3.85. The lowest BCUT2D eigenvalue weighted by Crippen LogP contribution is -2.29. The van der Waals surface area contributed by atoms with Gasteiger partial charge in [-0.15, -0.1) is 0 Å². The molecule has 288 valence electrons. The molecule has 2 aromatic heterocycles. The summed E-state index contributed by atoms with van der Waals surface area (Å²) in [5.74, 6) is 0.655. The minimum absolute atomic E-state index is 0.605. The third-order valence-electron chi connectivity index (χ3n) is 13.2. The van der Waals surface area contributed by atoms with E-state index >= 15 is 0 Å². The van der Waals surface area contributed by atoms with Crippen molar-refractivity contribution < 1.29 is 4.42 Å². The van der Waals surface area contributed by atoms with E-state index in [1.807, 2.05) is 12.1 Å². The van der Waals surface area contributed by atoms with Crippen LogP contribution in [0.2, 0.25) is 0 Å². The summed E-state index contributed by atoms with van der Waals surface area (Å²) in [6.45, 7) is 0. The second-order valence-corrected chi connectivity index (χ2v) is 16.3. The third-order valence-corrected chi connectivity index (χ3v) is 13.2. The molecule has 2 heterocycles. The van der Waals surface area contributed by atoms with Crippen LogP contribution in [0, 0.1) is 0 Å². The van der Waals surface area contributed by atoms with Crippen LogP contribution in [-0.4, -0.2) is 9.97 Å². The Labute approximate surface area is 359 Å². The molecule has 2 aliphatic rings. The molecule has 0 radical (unpaired) electrons. The van der Waals surface area contributed by atoms with Gasteiger partial charge in [-0.2, -0.15) is 0 Å². The van der Waals surface area contributed by atoms with Gasteiger partial charge in [-0.25, -0.2) is 9.97 Å². The molecule has 1 spiro atoms. The Morgan fingerprint density at radius 2 is 0.806 bits per heavy atom. The molecule has 0 saturated heterocycles. The van der Waals surface area contributed by atoms with Gasteiger partial charge in [-0.1, -0.05) is 194 Å². The smallest absolute Gasteiger partial charge is 0.161 e. The fraction of sp³-hybridized carbons (Fsp3) is 0.0169. The van der Waals surface area contributed by atoms with Gasteiger partial charge in [0.15, 0.2) is 5.82 Å². The highest BCUT2D eigenvalue weighted by molar-refractivity contribution is 6.09. The van der Waals surface area contributed by atoms with Crippen LogP contribution < -0.4 is 0 Å². The summed E-state index contributed by atoms with van der Waals surface area (Å²) < 4.78 is 6.65. The minimum Gasteiger partial charge on any atom is -0.455 e. The fourth-order valence-electron chi connectivity index (χ4n) is 10.6. The van der Waals surface area contributed by atoms with E-state index in [0.29, 0.717) is 5.82 Å². The summed E-state index contributed by atoms with van der Waals surface area (Å²) in [4.78, 5) is 11.0. The van der Waals surface area contributed by atoms with E-state index in [-0.39, 0.29) is 0 Å². The Bertz CT molecular complexity index is 3550. The van der Waals surface area contributed by atoms with E-state index in [4.69, 9.17) is 14.4 Å². The number of fused-ring (bicyclic) bond motifs is 15. The Kier molecular flexibility index (Phi) is 7.52. The number of aromatic nitrogens is 2. The van der Waals surface area contributed by atoms with Crippen molar-refractivity contribution >= 4 is 21.9 Å². The van der Waals surface area contributed by atoms with Crippen LogP contribution >= 0.6 is 0 Å². The number of rotatable bonds is 4. The number of furan rings is 1. The van der Waals surface area contributed by atoms with Crippen molar-refractivity contribution in [3.63, 3.8) is 0 Å². The number of hydrogen-bond acceptors (Lipinski definition) is 3. The van der Waals surface area contributed by atoms with Crippen molar-refractivity contribution in [2.45, 2.75) is 5.41 Å².